The van der Waals surface area contributed by atoms with Crippen LogP contribution >= 0.6 is 39.1 Å². The maximum Gasteiger partial charge on any atom is 0.282 e. The van der Waals surface area contributed by atoms with Crippen LogP contribution in [0.3, 0.4) is 0 Å². The third-order valence-corrected chi connectivity index (χ3v) is 7.09. The molecule has 1 aromatic heterocycles. The Balaban J connectivity index is 1.74. The summed E-state index contributed by atoms with van der Waals surface area (Å²) in [6.45, 7) is 8.57. The minimum Gasteiger partial charge on any atom is -0.490 e. The largest absolute Gasteiger partial charge is 0.490 e. The molecular formula is C30H28BrCl2N3O3. The molecular weight excluding hydrogens is 601 g/mol. The number of hydrogen-bond donors (Lipinski definition) is 0. The Morgan fingerprint density at radius 1 is 1.08 bits per heavy atom. The molecule has 0 aliphatic rings. The van der Waals surface area contributed by atoms with Gasteiger partial charge in [0.05, 0.1) is 33.8 Å². The van der Waals surface area contributed by atoms with Gasteiger partial charge >= 0.3 is 0 Å². The molecule has 0 bridgehead atoms. The first-order chi connectivity index (χ1) is 18.8. The van der Waals surface area contributed by atoms with Gasteiger partial charge in [0, 0.05) is 16.5 Å². The third kappa shape index (κ3) is 6.90. The predicted octanol–water partition coefficient (Wildman–Crippen LogP) is 8.01. The normalized spacial score (nSPS) is 11.3. The van der Waals surface area contributed by atoms with E-state index in [2.05, 4.69) is 27.6 Å². The maximum atomic E-state index is 13.4. The fourth-order valence-corrected chi connectivity index (χ4v) is 4.78. The number of halogens is 3. The first-order valence-corrected chi connectivity index (χ1v) is 14.1. The lowest BCUT2D eigenvalue weighted by Gasteiger charge is -2.17. The standard InChI is InChI=1S/C30H28BrCl2N3O3/c1-4-7-21-13-20(15-27(38-6-3)29(21)39-18-19-9-11-24(32)25(33)14-19)17-34-36-28(8-5-2)35-26-12-10-22(31)16-23(26)30(36)37/h4,9-17H,1,5-8,18H2,2-3H3. The second-order valence-corrected chi connectivity index (χ2v) is 10.5. The lowest BCUT2D eigenvalue weighted by Crippen LogP contribution is -2.22. The number of hydrogen-bond acceptors (Lipinski definition) is 5. The molecule has 4 aromatic rings. The summed E-state index contributed by atoms with van der Waals surface area (Å²) in [4.78, 5) is 18.1. The molecule has 39 heavy (non-hydrogen) atoms. The number of benzene rings is 3. The number of aromatic nitrogens is 2. The topological polar surface area (TPSA) is 65.7 Å². The zero-order chi connectivity index (χ0) is 27.9. The molecule has 0 fully saturated rings. The van der Waals surface area contributed by atoms with Crippen LogP contribution in [0.1, 0.15) is 42.8 Å². The number of nitrogens with zero attached hydrogens (tertiary/aromatic N) is 3. The van der Waals surface area contributed by atoms with E-state index in [4.69, 9.17) is 37.7 Å². The van der Waals surface area contributed by atoms with Crippen molar-refractivity contribution in [2.75, 3.05) is 6.61 Å². The van der Waals surface area contributed by atoms with Crippen molar-refractivity contribution in [2.24, 2.45) is 5.10 Å². The molecule has 0 aliphatic heterocycles. The molecule has 9 heteroatoms. The number of ether oxygens (including phenoxy) is 2. The molecule has 4 rings (SSSR count). The van der Waals surface area contributed by atoms with Gasteiger partial charge in [-0.05, 0) is 73.4 Å². The van der Waals surface area contributed by atoms with E-state index >= 15 is 0 Å². The smallest absolute Gasteiger partial charge is 0.282 e. The van der Waals surface area contributed by atoms with Gasteiger partial charge in [-0.2, -0.15) is 9.78 Å². The van der Waals surface area contributed by atoms with Gasteiger partial charge in [-0.1, -0.05) is 58.2 Å². The van der Waals surface area contributed by atoms with Crippen molar-refractivity contribution >= 4 is 56.2 Å². The number of rotatable bonds is 11. The van der Waals surface area contributed by atoms with Crippen molar-refractivity contribution in [3.63, 3.8) is 0 Å². The van der Waals surface area contributed by atoms with Crippen molar-refractivity contribution in [3.05, 3.63) is 109 Å². The Kier molecular flexibility index (Phi) is 9.83. The van der Waals surface area contributed by atoms with Gasteiger partial charge in [0.1, 0.15) is 12.4 Å². The molecule has 0 unspecified atom stereocenters. The van der Waals surface area contributed by atoms with E-state index < -0.39 is 0 Å². The zero-order valence-corrected chi connectivity index (χ0v) is 24.8. The Morgan fingerprint density at radius 3 is 2.62 bits per heavy atom. The quantitative estimate of drug-likeness (QED) is 0.125. The highest BCUT2D eigenvalue weighted by atomic mass is 79.9. The molecule has 0 aliphatic carbocycles. The summed E-state index contributed by atoms with van der Waals surface area (Å²) in [5.74, 6) is 1.78. The van der Waals surface area contributed by atoms with Gasteiger partial charge < -0.3 is 9.47 Å². The summed E-state index contributed by atoms with van der Waals surface area (Å²) in [6, 6.07) is 14.7. The summed E-state index contributed by atoms with van der Waals surface area (Å²) in [5.41, 5.74) is 2.92. The predicted molar refractivity (Wildman–Crippen MR) is 163 cm³/mol. The van der Waals surface area contributed by atoms with Crippen LogP contribution in [0, 0.1) is 0 Å². The molecule has 1 heterocycles. The highest BCUT2D eigenvalue weighted by Crippen LogP contribution is 2.35. The second kappa shape index (κ2) is 13.3. The van der Waals surface area contributed by atoms with Crippen LogP contribution in [0.4, 0.5) is 0 Å². The van der Waals surface area contributed by atoms with E-state index in [-0.39, 0.29) is 12.2 Å². The molecule has 202 valence electrons. The zero-order valence-electron chi connectivity index (χ0n) is 21.7. The second-order valence-electron chi connectivity index (χ2n) is 8.77. The van der Waals surface area contributed by atoms with Crippen molar-refractivity contribution in [2.45, 2.75) is 39.7 Å². The summed E-state index contributed by atoms with van der Waals surface area (Å²) >= 11 is 15.7. The van der Waals surface area contributed by atoms with E-state index in [0.29, 0.717) is 57.7 Å². The summed E-state index contributed by atoms with van der Waals surface area (Å²) < 4.78 is 14.3. The van der Waals surface area contributed by atoms with Gasteiger partial charge in [-0.3, -0.25) is 4.79 Å². The van der Waals surface area contributed by atoms with E-state index in [9.17, 15) is 4.79 Å². The average Bonchev–Trinajstić information content (AvgIpc) is 2.91. The van der Waals surface area contributed by atoms with Crippen LogP contribution in [0.5, 0.6) is 11.5 Å². The lowest BCUT2D eigenvalue weighted by molar-refractivity contribution is 0.267. The molecule has 0 amide bonds. The lowest BCUT2D eigenvalue weighted by atomic mass is 10.1. The Bertz CT molecular complexity index is 1600. The van der Waals surface area contributed by atoms with Crippen LogP contribution in [0.2, 0.25) is 10.0 Å². The van der Waals surface area contributed by atoms with Gasteiger partial charge in [0.15, 0.2) is 11.5 Å². The molecule has 0 saturated heterocycles. The molecule has 3 aromatic carbocycles. The first-order valence-electron chi connectivity index (χ1n) is 12.6. The molecule has 6 nitrogen and oxygen atoms in total. The van der Waals surface area contributed by atoms with Crippen molar-refractivity contribution < 1.29 is 9.47 Å². The Hall–Kier alpha value is -3.13. The van der Waals surface area contributed by atoms with Crippen LogP contribution in [0.15, 0.2) is 75.6 Å². The summed E-state index contributed by atoms with van der Waals surface area (Å²) in [5, 5.41) is 6.02. The fourth-order valence-electron chi connectivity index (χ4n) is 4.10. The van der Waals surface area contributed by atoms with Crippen molar-refractivity contribution in [1.82, 2.24) is 9.66 Å². The number of aryl methyl sites for hydroxylation is 1. The molecule has 0 N–H and O–H groups in total. The highest BCUT2D eigenvalue weighted by molar-refractivity contribution is 9.10. The summed E-state index contributed by atoms with van der Waals surface area (Å²) in [6.07, 6.45) is 5.43. The van der Waals surface area contributed by atoms with Crippen molar-refractivity contribution in [3.8, 4) is 11.5 Å². The van der Waals surface area contributed by atoms with Gasteiger partial charge in [0.2, 0.25) is 0 Å². The fraction of sp³-hybridized carbons (Fsp3) is 0.233. The van der Waals surface area contributed by atoms with E-state index in [1.54, 1.807) is 30.5 Å². The maximum absolute atomic E-state index is 13.4. The number of fused-ring (bicyclic) bond motifs is 1. The Labute approximate surface area is 246 Å². The van der Waals surface area contributed by atoms with Crippen molar-refractivity contribution in [1.29, 1.82) is 0 Å². The van der Waals surface area contributed by atoms with Crippen LogP contribution in [-0.2, 0) is 19.4 Å². The minimum atomic E-state index is -0.223. The average molecular weight is 629 g/mol. The molecule has 0 spiro atoms. The van der Waals surface area contributed by atoms with E-state index in [0.717, 1.165) is 27.6 Å². The molecule has 0 atom stereocenters. The highest BCUT2D eigenvalue weighted by Gasteiger charge is 2.15. The van der Waals surface area contributed by atoms with E-state index in [1.807, 2.05) is 44.2 Å². The van der Waals surface area contributed by atoms with E-state index in [1.165, 1.54) is 4.68 Å². The van der Waals surface area contributed by atoms with Crippen LogP contribution < -0.4 is 15.0 Å². The molecule has 0 saturated carbocycles. The SMILES string of the molecule is C=CCc1cc(C=Nn2c(CCC)nc3ccc(Br)cc3c2=O)cc(OCC)c1OCc1ccc(Cl)c(Cl)c1. The van der Waals surface area contributed by atoms with Crippen LogP contribution in [-0.4, -0.2) is 22.5 Å². The van der Waals surface area contributed by atoms with Crippen LogP contribution in [0.25, 0.3) is 10.9 Å². The summed E-state index contributed by atoms with van der Waals surface area (Å²) in [7, 11) is 0. The molecule has 0 radical (unpaired) electrons. The van der Waals surface area contributed by atoms with Gasteiger partial charge in [-0.25, -0.2) is 4.98 Å². The number of allylic oxidation sites excluding steroid dienone is 1. The Morgan fingerprint density at radius 2 is 1.90 bits per heavy atom. The monoisotopic (exact) mass is 627 g/mol. The first kappa shape index (κ1) is 28.9. The minimum absolute atomic E-state index is 0.223. The van der Waals surface area contributed by atoms with Gasteiger partial charge in [0.25, 0.3) is 5.56 Å². The van der Waals surface area contributed by atoms with Gasteiger partial charge in [-0.15, -0.1) is 6.58 Å². The third-order valence-electron chi connectivity index (χ3n) is 5.86.